The maximum absolute atomic E-state index is 12.6. The Morgan fingerprint density at radius 2 is 1.67 bits per heavy atom. The van der Waals surface area contributed by atoms with Crippen molar-refractivity contribution in [2.24, 2.45) is 5.73 Å². The van der Waals surface area contributed by atoms with E-state index in [9.17, 15) is 24.0 Å². The zero-order chi connectivity index (χ0) is 22.8. The lowest BCUT2D eigenvalue weighted by molar-refractivity contribution is -0.143. The number of hydrogen-bond donors (Lipinski definition) is 8. The van der Waals surface area contributed by atoms with Crippen LogP contribution < -0.4 is 21.7 Å². The summed E-state index contributed by atoms with van der Waals surface area (Å²) < 4.78 is 0. The zero-order valence-corrected chi connectivity index (χ0v) is 16.0. The second kappa shape index (κ2) is 11.5. The van der Waals surface area contributed by atoms with Crippen molar-refractivity contribution >= 4 is 29.7 Å². The van der Waals surface area contributed by atoms with Crippen molar-refractivity contribution < 1.29 is 39.3 Å². The average molecular weight is 428 g/mol. The third-order valence-corrected chi connectivity index (χ3v) is 3.89. The van der Waals surface area contributed by atoms with Gasteiger partial charge in [-0.3, -0.25) is 24.0 Å². The maximum atomic E-state index is 12.6. The molecule has 4 atom stereocenters. The van der Waals surface area contributed by atoms with Crippen LogP contribution in [0.25, 0.3) is 0 Å². The van der Waals surface area contributed by atoms with Crippen molar-refractivity contribution in [2.75, 3.05) is 6.61 Å². The van der Waals surface area contributed by atoms with Crippen LogP contribution in [0.4, 0.5) is 0 Å². The molecule has 166 valence electrons. The molecule has 0 radical (unpaired) electrons. The summed E-state index contributed by atoms with van der Waals surface area (Å²) in [6, 6.07) is -5.54. The number of nitrogens with zero attached hydrogens (tertiary/aromatic N) is 1. The van der Waals surface area contributed by atoms with E-state index in [1.807, 2.05) is 0 Å². The first kappa shape index (κ1) is 24.5. The molecule has 0 fully saturated rings. The van der Waals surface area contributed by atoms with Gasteiger partial charge in [0.05, 0.1) is 19.4 Å². The topological polar surface area (TPSA) is 237 Å². The second-order valence-electron chi connectivity index (χ2n) is 6.36. The molecule has 14 nitrogen and oxygen atoms in total. The average Bonchev–Trinajstić information content (AvgIpc) is 3.18. The Balaban J connectivity index is 2.99. The van der Waals surface area contributed by atoms with Gasteiger partial charge in [0.1, 0.15) is 24.2 Å². The minimum absolute atomic E-state index is 0.117. The molecule has 3 amide bonds. The summed E-state index contributed by atoms with van der Waals surface area (Å²) in [5.74, 6) is -5.54. The van der Waals surface area contributed by atoms with E-state index in [4.69, 9.17) is 21.1 Å². The molecule has 0 saturated carbocycles. The monoisotopic (exact) mass is 428 g/mol. The van der Waals surface area contributed by atoms with Crippen molar-refractivity contribution in [1.82, 2.24) is 25.9 Å². The van der Waals surface area contributed by atoms with Gasteiger partial charge in [-0.1, -0.05) is 0 Å². The summed E-state index contributed by atoms with van der Waals surface area (Å²) in [4.78, 5) is 65.4. The van der Waals surface area contributed by atoms with Crippen LogP contribution >= 0.6 is 0 Å². The molecule has 4 unspecified atom stereocenters. The predicted octanol–water partition coefficient (Wildman–Crippen LogP) is -3.69. The normalized spacial score (nSPS) is 14.6. The highest BCUT2D eigenvalue weighted by molar-refractivity contribution is 5.95. The molecule has 9 N–H and O–H groups in total. The van der Waals surface area contributed by atoms with Gasteiger partial charge in [-0.25, -0.2) is 4.98 Å². The fourth-order valence-corrected chi connectivity index (χ4v) is 2.22. The van der Waals surface area contributed by atoms with E-state index < -0.39 is 66.9 Å². The van der Waals surface area contributed by atoms with E-state index in [0.717, 1.165) is 0 Å². The van der Waals surface area contributed by atoms with Crippen LogP contribution in [0.3, 0.4) is 0 Å². The molecule has 0 aliphatic carbocycles. The molecule has 1 aromatic heterocycles. The van der Waals surface area contributed by atoms with Gasteiger partial charge in [-0.05, 0) is 6.92 Å². The number of imidazole rings is 1. The first-order chi connectivity index (χ1) is 14.0. The van der Waals surface area contributed by atoms with Crippen molar-refractivity contribution in [3.8, 4) is 0 Å². The van der Waals surface area contributed by atoms with Gasteiger partial charge in [0.15, 0.2) is 0 Å². The maximum Gasteiger partial charge on any atom is 0.325 e. The molecule has 1 aromatic rings. The number of carbonyl (C=O) groups excluding carboxylic acids is 3. The van der Waals surface area contributed by atoms with Gasteiger partial charge in [0, 0.05) is 18.3 Å². The van der Waals surface area contributed by atoms with Crippen LogP contribution in [-0.2, 0) is 30.4 Å². The number of aliphatic carboxylic acids is 2. The van der Waals surface area contributed by atoms with Gasteiger partial charge in [-0.2, -0.15) is 0 Å². The van der Waals surface area contributed by atoms with E-state index in [1.54, 1.807) is 0 Å². The molecule has 0 saturated heterocycles. The Labute approximate surface area is 170 Å². The number of aliphatic hydroxyl groups is 1. The van der Waals surface area contributed by atoms with Crippen molar-refractivity contribution in [1.29, 1.82) is 0 Å². The van der Waals surface area contributed by atoms with Gasteiger partial charge in [0.2, 0.25) is 17.7 Å². The fraction of sp³-hybridized carbons (Fsp3) is 0.500. The molecule has 0 aliphatic heterocycles. The number of carboxylic acids is 2. The number of aromatic nitrogens is 2. The third kappa shape index (κ3) is 7.84. The summed E-state index contributed by atoms with van der Waals surface area (Å²) in [7, 11) is 0. The smallest absolute Gasteiger partial charge is 0.325 e. The molecule has 0 spiro atoms. The van der Waals surface area contributed by atoms with Crippen LogP contribution in [0.2, 0.25) is 0 Å². The Kier molecular flexibility index (Phi) is 9.38. The van der Waals surface area contributed by atoms with E-state index in [1.165, 1.54) is 19.4 Å². The number of rotatable bonds is 12. The van der Waals surface area contributed by atoms with Crippen LogP contribution in [0.5, 0.6) is 0 Å². The molecule has 0 aliphatic rings. The molecule has 0 bridgehead atoms. The number of carboxylic acid groups (broad SMARTS) is 2. The van der Waals surface area contributed by atoms with Gasteiger partial charge < -0.3 is 42.0 Å². The van der Waals surface area contributed by atoms with E-state index >= 15 is 0 Å². The van der Waals surface area contributed by atoms with Crippen molar-refractivity contribution in [2.45, 2.75) is 43.9 Å². The van der Waals surface area contributed by atoms with E-state index in [-0.39, 0.29) is 6.42 Å². The number of amides is 3. The Bertz CT molecular complexity index is 768. The highest BCUT2D eigenvalue weighted by atomic mass is 16.4. The number of aliphatic hydroxyl groups excluding tert-OH is 1. The van der Waals surface area contributed by atoms with Crippen LogP contribution in [0.15, 0.2) is 12.5 Å². The highest BCUT2D eigenvalue weighted by Gasteiger charge is 2.31. The van der Waals surface area contributed by atoms with Gasteiger partial charge >= 0.3 is 11.9 Å². The lowest BCUT2D eigenvalue weighted by Gasteiger charge is -2.23. The Hall–Kier alpha value is -3.52. The number of nitrogens with two attached hydrogens (primary N) is 1. The number of hydrogen-bond acceptors (Lipinski definition) is 8. The summed E-state index contributed by atoms with van der Waals surface area (Å²) in [6.45, 7) is 0.490. The summed E-state index contributed by atoms with van der Waals surface area (Å²) in [6.07, 6.45) is 1.77. The largest absolute Gasteiger partial charge is 0.481 e. The summed E-state index contributed by atoms with van der Waals surface area (Å²) >= 11 is 0. The molecule has 1 rings (SSSR count). The number of carbonyl (C=O) groups is 5. The molecule has 0 aromatic carbocycles. The SMILES string of the molecule is CC(NC(=O)C(Cc1cnc[nH]1)NC(=O)C(CC(=O)O)NC(=O)C(N)CO)C(=O)O. The second-order valence-corrected chi connectivity index (χ2v) is 6.36. The number of nitrogens with one attached hydrogen (secondary N) is 4. The Morgan fingerprint density at radius 1 is 1.07 bits per heavy atom. The lowest BCUT2D eigenvalue weighted by atomic mass is 10.1. The quantitative estimate of drug-likeness (QED) is 0.162. The first-order valence-electron chi connectivity index (χ1n) is 8.74. The standard InChI is InChI=1S/C16H24N6O8/c1-7(16(29)30)20-14(27)10(2-8-4-18-6-19-8)22-15(28)11(3-12(24)25)21-13(26)9(17)5-23/h4,6-7,9-11,23H,2-3,5,17H2,1H3,(H,18,19)(H,20,27)(H,21,26)(H,22,28)(H,24,25)(H,29,30). The minimum atomic E-state index is -1.60. The third-order valence-electron chi connectivity index (χ3n) is 3.89. The van der Waals surface area contributed by atoms with E-state index in [2.05, 4.69) is 25.9 Å². The lowest BCUT2D eigenvalue weighted by Crippen LogP contribution is -2.58. The van der Waals surface area contributed by atoms with Crippen molar-refractivity contribution in [3.63, 3.8) is 0 Å². The van der Waals surface area contributed by atoms with E-state index in [0.29, 0.717) is 5.69 Å². The predicted molar refractivity (Wildman–Crippen MR) is 98.7 cm³/mol. The van der Waals surface area contributed by atoms with Crippen LogP contribution in [0.1, 0.15) is 19.0 Å². The highest BCUT2D eigenvalue weighted by Crippen LogP contribution is 2.03. The Morgan fingerprint density at radius 3 is 2.17 bits per heavy atom. The van der Waals surface area contributed by atoms with Crippen molar-refractivity contribution in [3.05, 3.63) is 18.2 Å². The van der Waals surface area contributed by atoms with Gasteiger partial charge in [0.25, 0.3) is 0 Å². The summed E-state index contributed by atoms with van der Waals surface area (Å²) in [5, 5.41) is 33.5. The minimum Gasteiger partial charge on any atom is -0.481 e. The molecular formula is C16H24N6O8. The fourth-order valence-electron chi connectivity index (χ4n) is 2.22. The van der Waals surface area contributed by atoms with Crippen LogP contribution in [0, 0.1) is 0 Å². The molecule has 1 heterocycles. The number of H-pyrrole nitrogens is 1. The number of aromatic amines is 1. The summed E-state index contributed by atoms with van der Waals surface area (Å²) in [5.41, 5.74) is 5.78. The molecule has 30 heavy (non-hydrogen) atoms. The first-order valence-corrected chi connectivity index (χ1v) is 8.74. The van der Waals surface area contributed by atoms with Gasteiger partial charge in [-0.15, -0.1) is 0 Å². The molecule has 14 heteroatoms. The zero-order valence-electron chi connectivity index (χ0n) is 16.0. The molecular weight excluding hydrogens is 404 g/mol. The van der Waals surface area contributed by atoms with Crippen LogP contribution in [-0.4, -0.2) is 85.7 Å².